The predicted octanol–water partition coefficient (Wildman–Crippen LogP) is -0.269. The van der Waals surface area contributed by atoms with Crippen molar-refractivity contribution in [3.8, 4) is 0 Å². The van der Waals surface area contributed by atoms with Gasteiger partial charge in [-0.15, -0.1) is 0 Å². The number of aromatic nitrogens is 4. The van der Waals surface area contributed by atoms with E-state index >= 15 is 0 Å². The monoisotopic (exact) mass is 318 g/mol. The number of amides is 1. The third-order valence-electron chi connectivity index (χ3n) is 4.39. The smallest absolute Gasteiger partial charge is 0.264 e. The van der Waals surface area contributed by atoms with Crippen LogP contribution in [0.25, 0.3) is 11.0 Å². The largest absolute Gasteiger partial charge is 0.353 e. The summed E-state index contributed by atoms with van der Waals surface area (Å²) in [4.78, 5) is 31.0. The molecule has 2 aromatic heterocycles. The summed E-state index contributed by atoms with van der Waals surface area (Å²) in [6.07, 6.45) is 5.33. The van der Waals surface area contributed by atoms with Gasteiger partial charge in [-0.2, -0.15) is 5.10 Å². The zero-order valence-corrected chi connectivity index (χ0v) is 13.5. The van der Waals surface area contributed by atoms with Gasteiger partial charge in [0, 0.05) is 19.6 Å². The molecular formula is C15H22N6O2. The Balaban J connectivity index is 1.61. The summed E-state index contributed by atoms with van der Waals surface area (Å²) in [6, 6.07) is 0.317. The lowest BCUT2D eigenvalue weighted by molar-refractivity contribution is -0.121. The summed E-state index contributed by atoms with van der Waals surface area (Å²) in [7, 11) is 1.73. The Bertz CT molecular complexity index is 759. The van der Waals surface area contributed by atoms with Crippen molar-refractivity contribution in [2.24, 2.45) is 7.05 Å². The topological polar surface area (TPSA) is 85.0 Å². The van der Waals surface area contributed by atoms with E-state index in [9.17, 15) is 9.59 Å². The Morgan fingerprint density at radius 2 is 2.13 bits per heavy atom. The van der Waals surface area contributed by atoms with Gasteiger partial charge in [0.25, 0.3) is 5.56 Å². The molecule has 3 rings (SSSR count). The lowest BCUT2D eigenvalue weighted by atomic mass is 10.3. The van der Waals surface area contributed by atoms with E-state index in [-0.39, 0.29) is 18.0 Å². The first kappa shape index (κ1) is 15.7. The number of carbonyl (C=O) groups is 1. The average Bonchev–Trinajstić information content (AvgIpc) is 3.18. The van der Waals surface area contributed by atoms with Crippen LogP contribution in [-0.4, -0.2) is 55.8 Å². The predicted molar refractivity (Wildman–Crippen MR) is 86.0 cm³/mol. The molecule has 0 aromatic carbocycles. The van der Waals surface area contributed by atoms with Crippen molar-refractivity contribution in [1.82, 2.24) is 29.5 Å². The number of nitrogens with zero attached hydrogens (tertiary/aromatic N) is 5. The molecule has 0 saturated carbocycles. The minimum atomic E-state index is -0.245. The van der Waals surface area contributed by atoms with Gasteiger partial charge in [-0.1, -0.05) is 0 Å². The number of carbonyl (C=O) groups excluding carboxylic acids is 1. The Hall–Kier alpha value is -2.22. The number of hydrogen-bond acceptors (Lipinski definition) is 5. The van der Waals surface area contributed by atoms with Crippen LogP contribution in [0.15, 0.2) is 17.3 Å². The normalized spacial score (nSPS) is 16.8. The molecule has 1 fully saturated rings. The first-order valence-electron chi connectivity index (χ1n) is 7.94. The molecule has 3 heterocycles. The fraction of sp³-hybridized carbons (Fsp3) is 0.600. The Labute approximate surface area is 134 Å². The van der Waals surface area contributed by atoms with Crippen LogP contribution in [0.1, 0.15) is 19.8 Å². The SMILES string of the molecule is C[C@H](CNC(=O)Cn1cnc2c(cnn2C)c1=O)N1CCCC1. The second kappa shape index (κ2) is 6.49. The lowest BCUT2D eigenvalue weighted by Gasteiger charge is -2.23. The molecule has 8 heteroatoms. The number of rotatable bonds is 5. The van der Waals surface area contributed by atoms with Crippen molar-refractivity contribution in [2.75, 3.05) is 19.6 Å². The number of likely N-dealkylation sites (tertiary alicyclic amines) is 1. The molecule has 0 radical (unpaired) electrons. The van der Waals surface area contributed by atoms with E-state index < -0.39 is 0 Å². The Morgan fingerprint density at radius 3 is 2.87 bits per heavy atom. The quantitative estimate of drug-likeness (QED) is 0.820. The molecule has 23 heavy (non-hydrogen) atoms. The van der Waals surface area contributed by atoms with Gasteiger partial charge >= 0.3 is 0 Å². The minimum Gasteiger partial charge on any atom is -0.353 e. The second-order valence-electron chi connectivity index (χ2n) is 6.08. The van der Waals surface area contributed by atoms with E-state index in [2.05, 4.69) is 27.2 Å². The zero-order chi connectivity index (χ0) is 16.4. The third-order valence-corrected chi connectivity index (χ3v) is 4.39. The molecule has 1 N–H and O–H groups in total. The number of hydrogen-bond donors (Lipinski definition) is 1. The average molecular weight is 318 g/mol. The fourth-order valence-corrected chi connectivity index (χ4v) is 2.96. The molecule has 0 spiro atoms. The summed E-state index contributed by atoms with van der Waals surface area (Å²) >= 11 is 0. The maximum absolute atomic E-state index is 12.3. The first-order valence-corrected chi connectivity index (χ1v) is 7.94. The van der Waals surface area contributed by atoms with Crippen molar-refractivity contribution in [3.05, 3.63) is 22.9 Å². The highest BCUT2D eigenvalue weighted by atomic mass is 16.2. The van der Waals surface area contributed by atoms with Gasteiger partial charge in [-0.25, -0.2) is 4.98 Å². The van der Waals surface area contributed by atoms with Gasteiger partial charge in [0.05, 0.1) is 6.20 Å². The molecular weight excluding hydrogens is 296 g/mol. The molecule has 8 nitrogen and oxygen atoms in total. The van der Waals surface area contributed by atoms with Crippen LogP contribution < -0.4 is 10.9 Å². The van der Waals surface area contributed by atoms with Crippen LogP contribution in [0.4, 0.5) is 0 Å². The molecule has 0 aliphatic carbocycles. The van der Waals surface area contributed by atoms with Crippen molar-refractivity contribution in [1.29, 1.82) is 0 Å². The van der Waals surface area contributed by atoms with E-state index in [1.54, 1.807) is 11.7 Å². The van der Waals surface area contributed by atoms with Gasteiger partial charge in [0.15, 0.2) is 5.65 Å². The first-order chi connectivity index (χ1) is 11.1. The number of fused-ring (bicyclic) bond motifs is 1. The van der Waals surface area contributed by atoms with Crippen molar-refractivity contribution in [3.63, 3.8) is 0 Å². The molecule has 1 saturated heterocycles. The highest BCUT2D eigenvalue weighted by molar-refractivity contribution is 5.77. The van der Waals surface area contributed by atoms with E-state index in [4.69, 9.17) is 0 Å². The van der Waals surface area contributed by atoms with E-state index in [0.717, 1.165) is 13.1 Å². The van der Waals surface area contributed by atoms with Gasteiger partial charge in [0.1, 0.15) is 18.3 Å². The minimum absolute atomic E-state index is 0.0244. The third kappa shape index (κ3) is 3.26. The van der Waals surface area contributed by atoms with Gasteiger partial charge in [-0.05, 0) is 32.9 Å². The maximum atomic E-state index is 12.3. The van der Waals surface area contributed by atoms with Crippen molar-refractivity contribution >= 4 is 16.9 Å². The van der Waals surface area contributed by atoms with E-state index in [0.29, 0.717) is 23.6 Å². The zero-order valence-electron chi connectivity index (χ0n) is 13.5. The molecule has 0 unspecified atom stereocenters. The number of nitrogens with one attached hydrogen (secondary N) is 1. The van der Waals surface area contributed by atoms with Crippen molar-refractivity contribution < 1.29 is 4.79 Å². The standard InChI is InChI=1S/C15H22N6O2/c1-11(20-5-3-4-6-20)7-16-13(22)9-21-10-17-14-12(15(21)23)8-18-19(14)2/h8,10-11H,3-7,9H2,1-2H3,(H,16,22)/t11-/m1/s1. The molecule has 1 atom stereocenters. The van der Waals surface area contributed by atoms with Gasteiger partial charge < -0.3 is 5.32 Å². The molecule has 2 aromatic rings. The fourth-order valence-electron chi connectivity index (χ4n) is 2.96. The molecule has 1 aliphatic heterocycles. The Kier molecular flexibility index (Phi) is 4.42. The highest BCUT2D eigenvalue weighted by Gasteiger charge is 2.18. The number of aryl methyl sites for hydroxylation is 1. The van der Waals surface area contributed by atoms with Crippen molar-refractivity contribution in [2.45, 2.75) is 32.4 Å². The highest BCUT2D eigenvalue weighted by Crippen LogP contribution is 2.10. The van der Waals surface area contributed by atoms with Crippen LogP contribution in [0, 0.1) is 0 Å². The summed E-state index contributed by atoms with van der Waals surface area (Å²) in [6.45, 7) is 4.87. The summed E-state index contributed by atoms with van der Waals surface area (Å²) < 4.78 is 2.86. The van der Waals surface area contributed by atoms with Crippen LogP contribution in [0.3, 0.4) is 0 Å². The summed E-state index contributed by atoms with van der Waals surface area (Å²) in [5.74, 6) is -0.178. The molecule has 124 valence electrons. The molecule has 1 amide bonds. The van der Waals surface area contributed by atoms with Crippen LogP contribution in [-0.2, 0) is 18.4 Å². The van der Waals surface area contributed by atoms with E-state index in [1.807, 2.05) is 0 Å². The van der Waals surface area contributed by atoms with Crippen LogP contribution in [0.5, 0.6) is 0 Å². The van der Waals surface area contributed by atoms with Gasteiger partial charge in [-0.3, -0.25) is 23.7 Å². The van der Waals surface area contributed by atoms with Gasteiger partial charge in [0.2, 0.25) is 5.91 Å². The molecule has 0 bridgehead atoms. The molecule has 1 aliphatic rings. The van der Waals surface area contributed by atoms with E-state index in [1.165, 1.54) is 29.9 Å². The lowest BCUT2D eigenvalue weighted by Crippen LogP contribution is -2.42. The summed E-state index contributed by atoms with van der Waals surface area (Å²) in [5.41, 5.74) is 0.278. The maximum Gasteiger partial charge on any atom is 0.264 e. The second-order valence-corrected chi connectivity index (χ2v) is 6.08. The van der Waals surface area contributed by atoms with Crippen LogP contribution >= 0.6 is 0 Å². The Morgan fingerprint density at radius 1 is 1.39 bits per heavy atom. The van der Waals surface area contributed by atoms with Crippen LogP contribution in [0.2, 0.25) is 0 Å². The summed E-state index contributed by atoms with van der Waals surface area (Å²) in [5, 5.41) is 7.34.